The van der Waals surface area contributed by atoms with Gasteiger partial charge in [-0.1, -0.05) is 18.2 Å². The highest BCUT2D eigenvalue weighted by Gasteiger charge is 2.40. The fourth-order valence-electron chi connectivity index (χ4n) is 2.52. The minimum absolute atomic E-state index is 0.416. The molecule has 0 amide bonds. The number of nitriles is 1. The Balaban J connectivity index is 2.29. The van der Waals surface area contributed by atoms with Gasteiger partial charge in [-0.3, -0.25) is 4.79 Å². The van der Waals surface area contributed by atoms with Gasteiger partial charge >= 0.3 is 5.97 Å². The van der Waals surface area contributed by atoms with E-state index in [0.717, 1.165) is 18.5 Å². The zero-order valence-electron chi connectivity index (χ0n) is 10.1. The normalized spacial score (nSPS) is 23.3. The number of rotatable bonds is 3. The van der Waals surface area contributed by atoms with Crippen molar-refractivity contribution in [1.29, 1.82) is 5.26 Å². The van der Waals surface area contributed by atoms with Crippen molar-refractivity contribution < 1.29 is 9.90 Å². The van der Waals surface area contributed by atoms with Gasteiger partial charge < -0.3 is 10.4 Å². The molecule has 2 N–H and O–H groups in total. The van der Waals surface area contributed by atoms with Crippen LogP contribution in [0.2, 0.25) is 0 Å². The minimum atomic E-state index is -0.776. The molecular weight excluding hydrogens is 228 g/mol. The molecule has 0 saturated carbocycles. The second-order valence-corrected chi connectivity index (χ2v) is 4.81. The molecule has 1 heterocycles. The Morgan fingerprint density at radius 3 is 2.89 bits per heavy atom. The van der Waals surface area contributed by atoms with Gasteiger partial charge in [0.25, 0.3) is 0 Å². The van der Waals surface area contributed by atoms with E-state index in [4.69, 9.17) is 5.26 Å². The van der Waals surface area contributed by atoms with Crippen LogP contribution in [0.3, 0.4) is 0 Å². The van der Waals surface area contributed by atoms with Crippen molar-refractivity contribution in [3.63, 3.8) is 0 Å². The topological polar surface area (TPSA) is 73.1 Å². The quantitative estimate of drug-likeness (QED) is 0.846. The Morgan fingerprint density at radius 2 is 2.28 bits per heavy atom. The molecule has 4 heteroatoms. The number of carboxylic acids is 1. The molecule has 1 aromatic carbocycles. The van der Waals surface area contributed by atoms with Crippen LogP contribution in [0.15, 0.2) is 24.3 Å². The summed E-state index contributed by atoms with van der Waals surface area (Å²) in [6.45, 7) is 1.34. The molecule has 1 fully saturated rings. The number of hydrogen-bond donors (Lipinski definition) is 2. The lowest BCUT2D eigenvalue weighted by atomic mass is 9.75. The van der Waals surface area contributed by atoms with Crippen molar-refractivity contribution in [2.45, 2.75) is 19.3 Å². The molecule has 0 aliphatic carbocycles. The number of carboxylic acid groups (broad SMARTS) is 1. The Labute approximate surface area is 106 Å². The third-order valence-electron chi connectivity index (χ3n) is 3.59. The van der Waals surface area contributed by atoms with E-state index in [1.807, 2.05) is 12.1 Å². The van der Waals surface area contributed by atoms with Gasteiger partial charge in [-0.2, -0.15) is 5.26 Å². The molecule has 1 aromatic rings. The van der Waals surface area contributed by atoms with Gasteiger partial charge in [-0.25, -0.2) is 0 Å². The standard InChI is InChI=1S/C14H16N2O2/c15-9-12-5-2-1-4-11(12)8-14(13(17)18)6-3-7-16-10-14/h1-2,4-5,16H,3,6-8,10H2,(H,17,18)/t14-/m0/s1. The molecule has 0 spiro atoms. The van der Waals surface area contributed by atoms with Crippen LogP contribution in [0, 0.1) is 16.7 Å². The number of carbonyl (C=O) groups is 1. The summed E-state index contributed by atoms with van der Waals surface area (Å²) in [5, 5.41) is 21.7. The zero-order valence-corrected chi connectivity index (χ0v) is 10.1. The molecule has 18 heavy (non-hydrogen) atoms. The summed E-state index contributed by atoms with van der Waals surface area (Å²) in [5.41, 5.74) is 0.625. The molecule has 0 aromatic heterocycles. The summed E-state index contributed by atoms with van der Waals surface area (Å²) in [6.07, 6.45) is 1.94. The monoisotopic (exact) mass is 244 g/mol. The number of nitrogens with zero attached hydrogens (tertiary/aromatic N) is 1. The predicted molar refractivity (Wildman–Crippen MR) is 67.0 cm³/mol. The van der Waals surface area contributed by atoms with Gasteiger partial charge in [-0.05, 0) is 37.4 Å². The van der Waals surface area contributed by atoms with Gasteiger partial charge in [0.2, 0.25) is 0 Å². The van der Waals surface area contributed by atoms with Gasteiger partial charge in [0.15, 0.2) is 0 Å². The molecule has 0 radical (unpaired) electrons. The summed E-state index contributed by atoms with van der Waals surface area (Å²) in [6, 6.07) is 9.36. The van der Waals surface area contributed by atoms with Gasteiger partial charge in [0.1, 0.15) is 0 Å². The minimum Gasteiger partial charge on any atom is -0.481 e. The Morgan fingerprint density at radius 1 is 1.50 bits per heavy atom. The number of aliphatic carboxylic acids is 1. The van der Waals surface area contributed by atoms with Crippen molar-refractivity contribution >= 4 is 5.97 Å². The summed E-state index contributed by atoms with van der Waals surface area (Å²) in [4.78, 5) is 11.6. The third kappa shape index (κ3) is 2.36. The fourth-order valence-corrected chi connectivity index (χ4v) is 2.52. The molecule has 94 valence electrons. The highest BCUT2D eigenvalue weighted by molar-refractivity contribution is 5.75. The molecule has 4 nitrogen and oxygen atoms in total. The van der Waals surface area contributed by atoms with E-state index in [-0.39, 0.29) is 0 Å². The fraction of sp³-hybridized carbons (Fsp3) is 0.429. The average molecular weight is 244 g/mol. The molecular formula is C14H16N2O2. The smallest absolute Gasteiger partial charge is 0.311 e. The lowest BCUT2D eigenvalue weighted by Gasteiger charge is -2.34. The molecule has 1 atom stereocenters. The van der Waals surface area contributed by atoms with Crippen molar-refractivity contribution in [3.8, 4) is 6.07 Å². The highest BCUT2D eigenvalue weighted by Crippen LogP contribution is 2.31. The van der Waals surface area contributed by atoms with Gasteiger partial charge in [0, 0.05) is 6.54 Å². The van der Waals surface area contributed by atoms with E-state index in [1.54, 1.807) is 12.1 Å². The maximum atomic E-state index is 11.6. The van der Waals surface area contributed by atoms with Crippen molar-refractivity contribution in [2.24, 2.45) is 5.41 Å². The first-order valence-corrected chi connectivity index (χ1v) is 6.10. The number of nitrogens with one attached hydrogen (secondary N) is 1. The van der Waals surface area contributed by atoms with Crippen molar-refractivity contribution in [2.75, 3.05) is 13.1 Å². The number of benzene rings is 1. The average Bonchev–Trinajstić information content (AvgIpc) is 2.40. The first kappa shape index (κ1) is 12.6. The van der Waals surface area contributed by atoms with Gasteiger partial charge in [-0.15, -0.1) is 0 Å². The highest BCUT2D eigenvalue weighted by atomic mass is 16.4. The lowest BCUT2D eigenvalue weighted by molar-refractivity contribution is -0.150. The first-order chi connectivity index (χ1) is 8.68. The molecule has 0 unspecified atom stereocenters. The lowest BCUT2D eigenvalue weighted by Crippen LogP contribution is -2.47. The Bertz CT molecular complexity index is 485. The van der Waals surface area contributed by atoms with E-state index >= 15 is 0 Å². The molecule has 1 aliphatic heterocycles. The van der Waals surface area contributed by atoms with E-state index < -0.39 is 11.4 Å². The Hall–Kier alpha value is -1.86. The van der Waals surface area contributed by atoms with Crippen LogP contribution >= 0.6 is 0 Å². The van der Waals surface area contributed by atoms with Crippen molar-refractivity contribution in [1.82, 2.24) is 5.32 Å². The van der Waals surface area contributed by atoms with Crippen LogP contribution in [0.1, 0.15) is 24.0 Å². The SMILES string of the molecule is N#Cc1ccccc1C[C@@]1(C(=O)O)CCCNC1. The third-order valence-corrected chi connectivity index (χ3v) is 3.59. The second kappa shape index (κ2) is 5.19. The summed E-state index contributed by atoms with van der Waals surface area (Å²) in [5.74, 6) is -0.776. The maximum Gasteiger partial charge on any atom is 0.311 e. The zero-order chi connectivity index (χ0) is 13.0. The largest absolute Gasteiger partial charge is 0.481 e. The maximum absolute atomic E-state index is 11.6. The van der Waals surface area contributed by atoms with E-state index in [9.17, 15) is 9.90 Å². The van der Waals surface area contributed by atoms with Gasteiger partial charge in [0.05, 0.1) is 17.0 Å². The van der Waals surface area contributed by atoms with E-state index in [2.05, 4.69) is 11.4 Å². The van der Waals surface area contributed by atoms with Crippen LogP contribution in [0.4, 0.5) is 0 Å². The second-order valence-electron chi connectivity index (χ2n) is 4.81. The van der Waals surface area contributed by atoms with Crippen LogP contribution in [-0.4, -0.2) is 24.2 Å². The van der Waals surface area contributed by atoms with Crippen LogP contribution in [0.25, 0.3) is 0 Å². The van der Waals surface area contributed by atoms with Crippen LogP contribution < -0.4 is 5.32 Å². The molecule has 2 rings (SSSR count). The Kier molecular flexibility index (Phi) is 3.63. The van der Waals surface area contributed by atoms with E-state index in [0.29, 0.717) is 24.9 Å². The number of piperidine rings is 1. The summed E-state index contributed by atoms with van der Waals surface area (Å²) >= 11 is 0. The van der Waals surface area contributed by atoms with Crippen molar-refractivity contribution in [3.05, 3.63) is 35.4 Å². The molecule has 1 aliphatic rings. The predicted octanol–water partition coefficient (Wildman–Crippen LogP) is 1.56. The van der Waals surface area contributed by atoms with Crippen LogP contribution in [0.5, 0.6) is 0 Å². The van der Waals surface area contributed by atoms with E-state index in [1.165, 1.54) is 0 Å². The summed E-state index contributed by atoms with van der Waals surface area (Å²) < 4.78 is 0. The number of hydrogen-bond acceptors (Lipinski definition) is 3. The molecule has 1 saturated heterocycles. The van der Waals surface area contributed by atoms with Crippen LogP contribution in [-0.2, 0) is 11.2 Å². The first-order valence-electron chi connectivity index (χ1n) is 6.10. The molecule has 0 bridgehead atoms. The summed E-state index contributed by atoms with van der Waals surface area (Å²) in [7, 11) is 0.